The lowest BCUT2D eigenvalue weighted by Gasteiger charge is -2.37. The van der Waals surface area contributed by atoms with Gasteiger partial charge in [-0.3, -0.25) is 9.69 Å². The van der Waals surface area contributed by atoms with Crippen LogP contribution in [0.15, 0.2) is 48.5 Å². The van der Waals surface area contributed by atoms with Gasteiger partial charge in [0.2, 0.25) is 5.91 Å². The van der Waals surface area contributed by atoms with Crippen molar-refractivity contribution in [1.29, 1.82) is 0 Å². The minimum absolute atomic E-state index is 0.177. The minimum atomic E-state index is -4.50. The number of carbonyl (C=O) groups excluding carboxylic acids is 2. The fourth-order valence-electron chi connectivity index (χ4n) is 4.56. The molecule has 1 atom stereocenters. The highest BCUT2D eigenvalue weighted by molar-refractivity contribution is 5.88. The molecule has 0 saturated carbocycles. The van der Waals surface area contributed by atoms with Crippen molar-refractivity contribution in [2.75, 3.05) is 26.2 Å². The molecule has 5 rings (SSSR count). The van der Waals surface area contributed by atoms with Gasteiger partial charge in [-0.15, -0.1) is 0 Å². The van der Waals surface area contributed by atoms with Gasteiger partial charge < -0.3 is 14.6 Å². The van der Waals surface area contributed by atoms with Gasteiger partial charge in [-0.25, -0.2) is 4.79 Å². The number of halogens is 3. The lowest BCUT2D eigenvalue weighted by Crippen LogP contribution is -2.46. The monoisotopic (exact) mass is 443 g/mol. The van der Waals surface area contributed by atoms with E-state index in [9.17, 15) is 22.8 Å². The fraction of sp³-hybridized carbons (Fsp3) is 0.304. The zero-order valence-electron chi connectivity index (χ0n) is 17.0. The summed E-state index contributed by atoms with van der Waals surface area (Å²) in [4.78, 5) is 31.2. The number of fused-ring (bicyclic) bond motifs is 3. The molecule has 3 aromatic rings. The molecule has 166 valence electrons. The van der Waals surface area contributed by atoms with Crippen molar-refractivity contribution < 1.29 is 27.5 Å². The van der Waals surface area contributed by atoms with Crippen molar-refractivity contribution in [3.05, 3.63) is 70.9 Å². The topological polar surface area (TPSA) is 65.6 Å². The average molecular weight is 443 g/mol. The minimum Gasteiger partial charge on any atom is -0.448 e. The molecule has 1 unspecified atom stereocenters. The SMILES string of the molecule is O=C1OCCN1CC(=O)N1CCc2c([nH]c3ccccc23)C1c1cccc(C(F)(F)F)c1. The van der Waals surface area contributed by atoms with Crippen molar-refractivity contribution in [1.82, 2.24) is 14.8 Å². The number of ether oxygens (including phenoxy) is 1. The molecule has 2 aromatic carbocycles. The maximum absolute atomic E-state index is 13.4. The van der Waals surface area contributed by atoms with Gasteiger partial charge in [0.25, 0.3) is 0 Å². The highest BCUT2D eigenvalue weighted by atomic mass is 19.4. The summed E-state index contributed by atoms with van der Waals surface area (Å²) in [6.45, 7) is 0.681. The molecule has 1 saturated heterocycles. The Morgan fingerprint density at radius 2 is 1.94 bits per heavy atom. The number of hydrogen-bond donors (Lipinski definition) is 1. The van der Waals surface area contributed by atoms with E-state index >= 15 is 0 Å². The Kier molecular flexibility index (Phi) is 4.83. The summed E-state index contributed by atoms with van der Waals surface area (Å²) in [6.07, 6.45) is -4.50. The lowest BCUT2D eigenvalue weighted by molar-refractivity contribution is -0.137. The number of amides is 2. The molecule has 0 radical (unpaired) electrons. The molecule has 1 fully saturated rings. The van der Waals surface area contributed by atoms with E-state index in [0.29, 0.717) is 30.8 Å². The summed E-state index contributed by atoms with van der Waals surface area (Å²) < 4.78 is 45.2. The Morgan fingerprint density at radius 3 is 2.69 bits per heavy atom. The third kappa shape index (κ3) is 3.47. The summed E-state index contributed by atoms with van der Waals surface area (Å²) in [5, 5.41) is 0.995. The maximum atomic E-state index is 13.4. The molecule has 1 aromatic heterocycles. The predicted molar refractivity (Wildman–Crippen MR) is 110 cm³/mol. The van der Waals surface area contributed by atoms with Gasteiger partial charge in [-0.05, 0) is 35.7 Å². The normalized spacial score (nSPS) is 18.7. The average Bonchev–Trinajstić information content (AvgIpc) is 3.35. The van der Waals surface area contributed by atoms with Gasteiger partial charge in [-0.1, -0.05) is 30.3 Å². The Balaban J connectivity index is 1.59. The van der Waals surface area contributed by atoms with Gasteiger partial charge in [0, 0.05) is 23.1 Å². The molecular formula is C23H20F3N3O3. The first kappa shape index (κ1) is 20.4. The number of nitrogens with one attached hydrogen (secondary N) is 1. The van der Waals surface area contributed by atoms with E-state index in [2.05, 4.69) is 4.98 Å². The molecule has 32 heavy (non-hydrogen) atoms. The molecule has 9 heteroatoms. The zero-order chi connectivity index (χ0) is 22.5. The molecule has 6 nitrogen and oxygen atoms in total. The number of aromatic amines is 1. The van der Waals surface area contributed by atoms with Crippen LogP contribution in [0.4, 0.5) is 18.0 Å². The zero-order valence-corrected chi connectivity index (χ0v) is 17.0. The standard InChI is InChI=1S/C23H20F3N3O3/c24-23(25,26)15-5-3-4-14(12-15)21-20-17(16-6-1-2-7-18(16)27-20)8-9-29(21)19(30)13-28-10-11-32-22(28)31/h1-7,12,21,27H,8-11,13H2. The number of alkyl halides is 3. The number of nitrogens with zero attached hydrogens (tertiary/aromatic N) is 2. The number of H-pyrrole nitrogens is 1. The van der Waals surface area contributed by atoms with Crippen LogP contribution in [0.5, 0.6) is 0 Å². The first-order valence-electron chi connectivity index (χ1n) is 10.3. The van der Waals surface area contributed by atoms with E-state index < -0.39 is 23.9 Å². The van der Waals surface area contributed by atoms with Crippen LogP contribution in [0.2, 0.25) is 0 Å². The third-order valence-electron chi connectivity index (χ3n) is 6.06. The van der Waals surface area contributed by atoms with E-state index in [1.54, 1.807) is 11.0 Å². The van der Waals surface area contributed by atoms with Crippen molar-refractivity contribution in [3.8, 4) is 0 Å². The highest BCUT2D eigenvalue weighted by Gasteiger charge is 2.38. The third-order valence-corrected chi connectivity index (χ3v) is 6.06. The van der Waals surface area contributed by atoms with Crippen LogP contribution >= 0.6 is 0 Å². The summed E-state index contributed by atoms with van der Waals surface area (Å²) in [5.74, 6) is -0.337. The largest absolute Gasteiger partial charge is 0.448 e. The highest BCUT2D eigenvalue weighted by Crippen LogP contribution is 2.40. The first-order valence-corrected chi connectivity index (χ1v) is 10.3. The second-order valence-electron chi connectivity index (χ2n) is 7.96. The smallest absolute Gasteiger partial charge is 0.416 e. The second kappa shape index (κ2) is 7.58. The number of cyclic esters (lactones) is 1. The fourth-order valence-corrected chi connectivity index (χ4v) is 4.56. The van der Waals surface area contributed by atoms with Gasteiger partial charge >= 0.3 is 12.3 Å². The maximum Gasteiger partial charge on any atom is 0.416 e. The van der Waals surface area contributed by atoms with Crippen molar-refractivity contribution >= 4 is 22.9 Å². The molecule has 1 N–H and O–H groups in total. The van der Waals surface area contributed by atoms with E-state index in [1.165, 1.54) is 11.0 Å². The van der Waals surface area contributed by atoms with Crippen LogP contribution in [0.1, 0.15) is 28.4 Å². The van der Waals surface area contributed by atoms with Crippen LogP contribution in [0, 0.1) is 0 Å². The first-order chi connectivity index (χ1) is 15.3. The lowest BCUT2D eigenvalue weighted by atomic mass is 9.91. The Hall–Kier alpha value is -3.49. The number of carbonyl (C=O) groups is 2. The van der Waals surface area contributed by atoms with Crippen LogP contribution < -0.4 is 0 Å². The van der Waals surface area contributed by atoms with Crippen molar-refractivity contribution in [2.45, 2.75) is 18.6 Å². The van der Waals surface area contributed by atoms with Gasteiger partial charge in [-0.2, -0.15) is 13.2 Å². The Bertz CT molecular complexity index is 1200. The van der Waals surface area contributed by atoms with Crippen LogP contribution in [-0.2, 0) is 22.1 Å². The molecule has 2 aliphatic rings. The molecule has 2 aliphatic heterocycles. The predicted octanol–water partition coefficient (Wildman–Crippen LogP) is 4.11. The van der Waals surface area contributed by atoms with Gasteiger partial charge in [0.15, 0.2) is 0 Å². The van der Waals surface area contributed by atoms with Crippen molar-refractivity contribution in [2.24, 2.45) is 0 Å². The number of para-hydroxylation sites is 1. The van der Waals surface area contributed by atoms with Gasteiger partial charge in [0.05, 0.1) is 18.2 Å². The Labute approximate surface area is 181 Å². The van der Waals surface area contributed by atoms with Crippen LogP contribution in [0.25, 0.3) is 10.9 Å². The van der Waals surface area contributed by atoms with E-state index in [0.717, 1.165) is 28.6 Å². The van der Waals surface area contributed by atoms with Crippen LogP contribution in [0.3, 0.4) is 0 Å². The summed E-state index contributed by atoms with van der Waals surface area (Å²) in [6, 6.07) is 12.0. The summed E-state index contributed by atoms with van der Waals surface area (Å²) >= 11 is 0. The summed E-state index contributed by atoms with van der Waals surface area (Å²) in [7, 11) is 0. The molecular weight excluding hydrogens is 423 g/mol. The van der Waals surface area contributed by atoms with Crippen molar-refractivity contribution in [3.63, 3.8) is 0 Å². The Morgan fingerprint density at radius 1 is 1.12 bits per heavy atom. The summed E-state index contributed by atoms with van der Waals surface area (Å²) in [5.41, 5.74) is 2.16. The number of rotatable bonds is 3. The quantitative estimate of drug-likeness (QED) is 0.663. The van der Waals surface area contributed by atoms with E-state index in [-0.39, 0.29) is 19.1 Å². The number of benzene rings is 2. The second-order valence-corrected chi connectivity index (χ2v) is 7.96. The molecule has 0 aliphatic carbocycles. The molecule has 0 spiro atoms. The molecule has 0 bridgehead atoms. The van der Waals surface area contributed by atoms with E-state index in [4.69, 9.17) is 4.74 Å². The number of hydrogen-bond acceptors (Lipinski definition) is 3. The van der Waals surface area contributed by atoms with E-state index in [1.807, 2.05) is 24.3 Å². The van der Waals surface area contributed by atoms with Gasteiger partial charge in [0.1, 0.15) is 13.2 Å². The number of aromatic nitrogens is 1. The molecule has 3 heterocycles. The van der Waals surface area contributed by atoms with Crippen LogP contribution in [-0.4, -0.2) is 53.0 Å². The molecule has 2 amide bonds.